The molecule has 0 saturated heterocycles. The minimum Gasteiger partial charge on any atom is -0.464 e. The summed E-state index contributed by atoms with van der Waals surface area (Å²) in [6.07, 6.45) is 3.90. The van der Waals surface area contributed by atoms with Crippen LogP contribution in [0.5, 0.6) is 0 Å². The van der Waals surface area contributed by atoms with Crippen molar-refractivity contribution in [2.24, 2.45) is 0 Å². The lowest BCUT2D eigenvalue weighted by molar-refractivity contribution is -0.144. The molecule has 4 rings (SSSR count). The minimum absolute atomic E-state index is 0.0636. The fraction of sp³-hybridized carbons (Fsp3) is 0.333. The van der Waals surface area contributed by atoms with E-state index >= 15 is 0 Å². The lowest BCUT2D eigenvalue weighted by atomic mass is 10.1. The number of allylic oxidation sites excluding steroid dienone is 2. The molecule has 4 aromatic carbocycles. The molecule has 16 nitrogen and oxygen atoms in total. The Kier molecular flexibility index (Phi) is 18.7. The zero-order valence-electron chi connectivity index (χ0n) is 35.4. The standard InChI is InChI=1S/C42H52N6O10S4/c1-31(27-47(29-49)23-25-57-41(51)19-21-43-61(53,54)39-17-9-11-33-35(39)13-7-15-37(33)45(3)4)59-60-32(2)28-48(30-50)24-26-58-42(52)20-22-44-62(55,56)40-18-10-12-34-36(40)14-8-16-38(34)46(5)6/h7-18,27-30,43-44H,19-26H2,1-6H3. The van der Waals surface area contributed by atoms with Crippen molar-refractivity contribution in [3.05, 3.63) is 95.0 Å². The number of rotatable bonds is 25. The van der Waals surface area contributed by atoms with Crippen LogP contribution in [0.2, 0.25) is 0 Å². The maximum Gasteiger partial charge on any atom is 0.307 e. The smallest absolute Gasteiger partial charge is 0.307 e. The molecule has 0 radical (unpaired) electrons. The third-order valence-electron chi connectivity index (χ3n) is 9.00. The first kappa shape index (κ1) is 49.5. The van der Waals surface area contributed by atoms with Crippen molar-refractivity contribution in [3.8, 4) is 0 Å². The molecule has 334 valence electrons. The van der Waals surface area contributed by atoms with Crippen LogP contribution in [0.15, 0.2) is 105 Å². The number of anilines is 2. The van der Waals surface area contributed by atoms with Gasteiger partial charge in [0.05, 0.1) is 35.7 Å². The Morgan fingerprint density at radius 3 is 1.29 bits per heavy atom. The number of hydrogen-bond acceptors (Lipinski definition) is 14. The molecular formula is C42H52N6O10S4. The molecule has 0 saturated carbocycles. The summed E-state index contributed by atoms with van der Waals surface area (Å²) >= 11 is 0. The second kappa shape index (κ2) is 23.4. The van der Waals surface area contributed by atoms with Crippen molar-refractivity contribution < 1.29 is 45.5 Å². The quantitative estimate of drug-likeness (QED) is 0.0497. The Labute approximate surface area is 371 Å². The molecule has 2 N–H and O–H groups in total. The van der Waals surface area contributed by atoms with Crippen molar-refractivity contribution in [1.29, 1.82) is 0 Å². The summed E-state index contributed by atoms with van der Waals surface area (Å²) in [6, 6.07) is 20.9. The van der Waals surface area contributed by atoms with Crippen molar-refractivity contribution in [2.45, 2.75) is 36.5 Å². The van der Waals surface area contributed by atoms with Crippen molar-refractivity contribution in [2.75, 3.05) is 77.4 Å². The summed E-state index contributed by atoms with van der Waals surface area (Å²) in [5, 5.41) is 2.68. The third kappa shape index (κ3) is 14.2. The predicted octanol–water partition coefficient (Wildman–Crippen LogP) is 5.27. The highest BCUT2D eigenvalue weighted by Gasteiger charge is 2.21. The van der Waals surface area contributed by atoms with E-state index in [0.29, 0.717) is 23.6 Å². The molecule has 0 bridgehead atoms. The van der Waals surface area contributed by atoms with E-state index in [2.05, 4.69) is 9.44 Å². The van der Waals surface area contributed by atoms with Crippen LogP contribution in [0.3, 0.4) is 0 Å². The number of esters is 2. The van der Waals surface area contributed by atoms with Crippen LogP contribution in [0.4, 0.5) is 11.4 Å². The second-order valence-corrected chi connectivity index (χ2v) is 20.2. The van der Waals surface area contributed by atoms with Crippen LogP contribution in [0.25, 0.3) is 21.5 Å². The van der Waals surface area contributed by atoms with Gasteiger partial charge in [0.2, 0.25) is 32.9 Å². The minimum atomic E-state index is -3.93. The van der Waals surface area contributed by atoms with Crippen LogP contribution in [-0.4, -0.2) is 119 Å². The van der Waals surface area contributed by atoms with Gasteiger partial charge in [-0.05, 0) is 38.1 Å². The van der Waals surface area contributed by atoms with Crippen LogP contribution in [0.1, 0.15) is 26.7 Å². The summed E-state index contributed by atoms with van der Waals surface area (Å²) < 4.78 is 67.9. The van der Waals surface area contributed by atoms with Crippen LogP contribution in [0, 0.1) is 0 Å². The van der Waals surface area contributed by atoms with Gasteiger partial charge >= 0.3 is 11.9 Å². The zero-order chi connectivity index (χ0) is 45.5. The van der Waals surface area contributed by atoms with E-state index in [4.69, 9.17) is 9.47 Å². The largest absolute Gasteiger partial charge is 0.464 e. The first-order valence-corrected chi connectivity index (χ1v) is 24.4. The van der Waals surface area contributed by atoms with E-state index in [1.165, 1.54) is 43.5 Å². The Morgan fingerprint density at radius 2 is 0.935 bits per heavy atom. The summed E-state index contributed by atoms with van der Waals surface area (Å²) in [6.45, 7) is 3.11. The van der Waals surface area contributed by atoms with Gasteiger partial charge in [-0.25, -0.2) is 26.3 Å². The van der Waals surface area contributed by atoms with E-state index in [1.807, 2.05) is 62.3 Å². The zero-order valence-corrected chi connectivity index (χ0v) is 38.7. The number of benzene rings is 4. The molecule has 0 aliphatic carbocycles. The number of carbonyl (C=O) groups excluding carboxylic acids is 4. The van der Waals surface area contributed by atoms with Crippen molar-refractivity contribution >= 4 is 99.3 Å². The highest BCUT2D eigenvalue weighted by molar-refractivity contribution is 8.79. The number of sulfonamides is 2. The molecule has 0 fully saturated rings. The number of fused-ring (bicyclic) bond motifs is 2. The molecule has 20 heteroatoms. The normalized spacial score (nSPS) is 12.2. The number of carbonyl (C=O) groups is 4. The highest BCUT2D eigenvalue weighted by atomic mass is 33.1. The Balaban J connectivity index is 1.14. The molecule has 0 heterocycles. The Bertz CT molecular complexity index is 2340. The average Bonchev–Trinajstić information content (AvgIpc) is 3.23. The number of nitrogens with one attached hydrogen (secondary N) is 2. The van der Waals surface area contributed by atoms with E-state index < -0.39 is 32.0 Å². The SMILES string of the molecule is CC(=CN(C=O)CCOC(=O)CCNS(=O)(=O)c1cccc2c(N(C)C)cccc12)SSC(C)=CN(C=O)CCOC(=O)CCNS(=O)(=O)c1cccc2c(N(C)C)cccc12. The first-order valence-electron chi connectivity index (χ1n) is 19.3. The predicted molar refractivity (Wildman–Crippen MR) is 246 cm³/mol. The molecule has 62 heavy (non-hydrogen) atoms. The van der Waals surface area contributed by atoms with E-state index in [9.17, 15) is 36.0 Å². The van der Waals surface area contributed by atoms with Crippen LogP contribution >= 0.6 is 21.6 Å². The second-order valence-electron chi connectivity index (χ2n) is 14.1. The summed E-state index contributed by atoms with van der Waals surface area (Å²) in [5.41, 5.74) is 1.74. The van der Waals surface area contributed by atoms with Gasteiger partial charge < -0.3 is 29.1 Å². The van der Waals surface area contributed by atoms with E-state index in [1.54, 1.807) is 62.6 Å². The molecular weight excluding hydrogens is 877 g/mol. The fourth-order valence-corrected chi connectivity index (χ4v) is 10.3. The number of hydrogen-bond donors (Lipinski definition) is 2. The molecule has 0 aromatic heterocycles. The van der Waals surface area contributed by atoms with Crippen molar-refractivity contribution in [3.63, 3.8) is 0 Å². The monoisotopic (exact) mass is 928 g/mol. The number of ether oxygens (including phenoxy) is 2. The number of amides is 2. The topological polar surface area (TPSA) is 192 Å². The van der Waals surface area contributed by atoms with Crippen molar-refractivity contribution in [1.82, 2.24) is 19.2 Å². The van der Waals surface area contributed by atoms with Gasteiger partial charge in [-0.15, -0.1) is 0 Å². The molecule has 4 aromatic rings. The summed E-state index contributed by atoms with van der Waals surface area (Å²) in [7, 11) is 2.29. The molecule has 2 amide bonds. The van der Waals surface area contributed by atoms with Crippen LogP contribution in [-0.2, 0) is 48.7 Å². The summed E-state index contributed by atoms with van der Waals surface area (Å²) in [5.74, 6) is -1.27. The molecule has 0 spiro atoms. The molecule has 0 atom stereocenters. The van der Waals surface area contributed by atoms with E-state index in [0.717, 1.165) is 32.0 Å². The summed E-state index contributed by atoms with van der Waals surface area (Å²) in [4.78, 5) is 56.3. The van der Waals surface area contributed by atoms with Gasteiger partial charge in [0.15, 0.2) is 0 Å². The van der Waals surface area contributed by atoms with Crippen LogP contribution < -0.4 is 19.2 Å². The van der Waals surface area contributed by atoms with E-state index in [-0.39, 0.29) is 62.0 Å². The Hall–Kier alpha value is -5.12. The fourth-order valence-electron chi connectivity index (χ4n) is 6.12. The highest BCUT2D eigenvalue weighted by Crippen LogP contribution is 2.36. The van der Waals surface area contributed by atoms with Gasteiger partial charge in [0.1, 0.15) is 13.2 Å². The maximum absolute atomic E-state index is 13.1. The van der Waals surface area contributed by atoms with Gasteiger partial charge in [-0.2, -0.15) is 0 Å². The molecule has 0 aliphatic heterocycles. The Morgan fingerprint density at radius 1 is 0.581 bits per heavy atom. The first-order chi connectivity index (χ1) is 29.5. The molecule has 0 aliphatic rings. The maximum atomic E-state index is 13.1. The lowest BCUT2D eigenvalue weighted by Crippen LogP contribution is -2.28. The van der Waals surface area contributed by atoms with Gasteiger partial charge in [-0.1, -0.05) is 70.1 Å². The van der Waals surface area contributed by atoms with Gasteiger partial charge in [0, 0.05) is 96.4 Å². The third-order valence-corrected chi connectivity index (χ3v) is 14.7. The van der Waals surface area contributed by atoms with Gasteiger partial charge in [-0.3, -0.25) is 19.2 Å². The molecule has 0 unspecified atom stereocenters. The van der Waals surface area contributed by atoms with Gasteiger partial charge in [0.25, 0.3) is 0 Å². The average molecular weight is 929 g/mol. The number of nitrogens with zero attached hydrogens (tertiary/aromatic N) is 4. The lowest BCUT2D eigenvalue weighted by Gasteiger charge is -2.17.